The van der Waals surface area contributed by atoms with Gasteiger partial charge in [-0.1, -0.05) is 0 Å². The smallest absolute Gasteiger partial charge is 0.238 e. The van der Waals surface area contributed by atoms with Gasteiger partial charge in [-0.2, -0.15) is 0 Å². The van der Waals surface area contributed by atoms with Crippen molar-refractivity contribution in [3.8, 4) is 5.88 Å². The molecule has 1 fully saturated rings. The Kier molecular flexibility index (Phi) is 5.73. The largest absolute Gasteiger partial charge is 0.473 e. The van der Waals surface area contributed by atoms with E-state index in [0.717, 1.165) is 47.2 Å². The van der Waals surface area contributed by atoms with E-state index in [1.807, 2.05) is 19.1 Å². The third kappa shape index (κ3) is 4.09. The number of nitrogens with one attached hydrogen (secondary N) is 1. The molecule has 0 atom stereocenters. The van der Waals surface area contributed by atoms with Crippen molar-refractivity contribution >= 4 is 38.8 Å². The first-order chi connectivity index (χ1) is 14.1. The molecular formula is C21H24N4O3S. The second-order valence-electron chi connectivity index (χ2n) is 7.25. The average Bonchev–Trinajstić information content (AvgIpc) is 3.08. The summed E-state index contributed by atoms with van der Waals surface area (Å²) in [4.78, 5) is 26.6. The predicted molar refractivity (Wildman–Crippen MR) is 113 cm³/mol. The van der Waals surface area contributed by atoms with Crippen molar-refractivity contribution in [3.05, 3.63) is 35.1 Å². The average molecular weight is 413 g/mol. The first-order valence-electron chi connectivity index (χ1n) is 9.73. The molecule has 0 aromatic carbocycles. The van der Waals surface area contributed by atoms with Crippen LogP contribution in [0.15, 0.2) is 24.7 Å². The molecule has 8 heteroatoms. The fourth-order valence-corrected chi connectivity index (χ4v) is 4.80. The zero-order chi connectivity index (χ0) is 20.4. The number of fused-ring (bicyclic) bond motifs is 1. The van der Waals surface area contributed by atoms with Gasteiger partial charge in [-0.25, -0.2) is 15.0 Å². The molecule has 1 N–H and O–H groups in total. The summed E-state index contributed by atoms with van der Waals surface area (Å²) in [6.07, 6.45) is 7.54. The van der Waals surface area contributed by atoms with E-state index in [-0.39, 0.29) is 11.9 Å². The second kappa shape index (κ2) is 8.42. The van der Waals surface area contributed by atoms with Gasteiger partial charge in [0.25, 0.3) is 0 Å². The molecule has 7 nitrogen and oxygen atoms in total. The zero-order valence-corrected chi connectivity index (χ0v) is 17.6. The van der Waals surface area contributed by atoms with Gasteiger partial charge in [0.15, 0.2) is 5.78 Å². The van der Waals surface area contributed by atoms with Gasteiger partial charge >= 0.3 is 0 Å². The highest BCUT2D eigenvalue weighted by Crippen LogP contribution is 2.36. The van der Waals surface area contributed by atoms with Crippen molar-refractivity contribution in [2.24, 2.45) is 0 Å². The minimum Gasteiger partial charge on any atom is -0.473 e. The van der Waals surface area contributed by atoms with Gasteiger partial charge < -0.3 is 14.8 Å². The Bertz CT molecular complexity index is 1030. The fraction of sp³-hybridized carbons (Fsp3) is 0.429. The van der Waals surface area contributed by atoms with Crippen LogP contribution in [0.3, 0.4) is 0 Å². The molecular weight excluding hydrogens is 388 g/mol. The molecule has 0 amide bonds. The normalized spacial score (nSPS) is 19.3. The Morgan fingerprint density at radius 2 is 1.93 bits per heavy atom. The van der Waals surface area contributed by atoms with E-state index in [1.165, 1.54) is 17.7 Å². The van der Waals surface area contributed by atoms with Gasteiger partial charge in [0.05, 0.1) is 16.4 Å². The fourth-order valence-electron chi connectivity index (χ4n) is 3.75. The molecule has 3 aromatic rings. The third-order valence-corrected chi connectivity index (χ3v) is 6.60. The molecule has 0 radical (unpaired) electrons. The first kappa shape index (κ1) is 19.7. The van der Waals surface area contributed by atoms with Gasteiger partial charge in [-0.05, 0) is 57.2 Å². The van der Waals surface area contributed by atoms with E-state index >= 15 is 0 Å². The Labute approximate surface area is 173 Å². The summed E-state index contributed by atoms with van der Waals surface area (Å²) in [6, 6.07) is 3.78. The van der Waals surface area contributed by atoms with Crippen LogP contribution in [0.1, 0.15) is 47.8 Å². The Morgan fingerprint density at radius 1 is 1.17 bits per heavy atom. The van der Waals surface area contributed by atoms with Crippen LogP contribution in [0.5, 0.6) is 5.88 Å². The maximum atomic E-state index is 11.9. The number of ketones is 1. The molecule has 1 saturated carbocycles. The number of methoxy groups -OCH3 is 1. The van der Waals surface area contributed by atoms with Crippen molar-refractivity contribution in [2.75, 3.05) is 12.4 Å². The number of hydrogen-bond donors (Lipinski definition) is 1. The van der Waals surface area contributed by atoms with Crippen LogP contribution in [0.4, 0.5) is 11.5 Å². The number of pyridine rings is 1. The molecule has 3 heterocycles. The van der Waals surface area contributed by atoms with Gasteiger partial charge in [0, 0.05) is 13.3 Å². The number of hydrogen-bond acceptors (Lipinski definition) is 8. The number of aryl methyl sites for hydroxylation is 1. The summed E-state index contributed by atoms with van der Waals surface area (Å²) in [6.45, 7) is 3.50. The number of aromatic nitrogens is 3. The van der Waals surface area contributed by atoms with Gasteiger partial charge in [-0.3, -0.25) is 4.79 Å². The molecule has 0 unspecified atom stereocenters. The highest BCUT2D eigenvalue weighted by atomic mass is 32.1. The van der Waals surface area contributed by atoms with Crippen LogP contribution in [-0.4, -0.2) is 40.1 Å². The Balaban J connectivity index is 1.60. The molecule has 3 aromatic heterocycles. The number of nitrogens with zero attached hydrogens (tertiary/aromatic N) is 3. The maximum absolute atomic E-state index is 11.9. The molecule has 1 aliphatic rings. The quantitative estimate of drug-likeness (QED) is 0.588. The molecule has 0 saturated heterocycles. The molecule has 152 valence electrons. The zero-order valence-electron chi connectivity index (χ0n) is 16.8. The van der Waals surface area contributed by atoms with Gasteiger partial charge in [0.2, 0.25) is 5.88 Å². The second-order valence-corrected chi connectivity index (χ2v) is 8.25. The Hall–Kier alpha value is -2.58. The van der Waals surface area contributed by atoms with Crippen molar-refractivity contribution in [1.29, 1.82) is 0 Å². The van der Waals surface area contributed by atoms with Crippen LogP contribution in [-0.2, 0) is 4.74 Å². The summed E-state index contributed by atoms with van der Waals surface area (Å²) in [7, 11) is 1.76. The first-order valence-corrected chi connectivity index (χ1v) is 10.5. The monoisotopic (exact) mass is 412 g/mol. The highest BCUT2D eigenvalue weighted by Gasteiger charge is 2.24. The van der Waals surface area contributed by atoms with Crippen molar-refractivity contribution in [1.82, 2.24) is 15.0 Å². The van der Waals surface area contributed by atoms with Crippen LogP contribution in [0.2, 0.25) is 0 Å². The molecule has 4 rings (SSSR count). The van der Waals surface area contributed by atoms with Gasteiger partial charge in [0.1, 0.15) is 28.8 Å². The lowest BCUT2D eigenvalue weighted by molar-refractivity contribution is 0.0317. The summed E-state index contributed by atoms with van der Waals surface area (Å²) in [5, 5.41) is 4.21. The lowest BCUT2D eigenvalue weighted by Crippen LogP contribution is -2.28. The van der Waals surface area contributed by atoms with E-state index in [0.29, 0.717) is 22.7 Å². The van der Waals surface area contributed by atoms with Crippen molar-refractivity contribution in [2.45, 2.75) is 51.7 Å². The van der Waals surface area contributed by atoms with Crippen molar-refractivity contribution in [3.63, 3.8) is 0 Å². The molecule has 1 aliphatic carbocycles. The minimum atomic E-state index is 0.0357. The number of anilines is 2. The number of carbonyl (C=O) groups is 1. The van der Waals surface area contributed by atoms with E-state index in [9.17, 15) is 4.79 Å². The third-order valence-electron chi connectivity index (χ3n) is 5.30. The van der Waals surface area contributed by atoms with E-state index in [4.69, 9.17) is 9.47 Å². The van der Waals surface area contributed by atoms with Gasteiger partial charge in [-0.15, -0.1) is 11.3 Å². The van der Waals surface area contributed by atoms with E-state index in [2.05, 4.69) is 20.3 Å². The molecule has 0 aliphatic heterocycles. The Morgan fingerprint density at radius 3 is 2.66 bits per heavy atom. The predicted octanol–water partition coefficient (Wildman–Crippen LogP) is 4.68. The lowest BCUT2D eigenvalue weighted by atomic mass is 9.95. The topological polar surface area (TPSA) is 86.2 Å². The number of Topliss-reactive ketones (excluding diaryl/α,β-unsaturated/α-hetero) is 1. The highest BCUT2D eigenvalue weighted by molar-refractivity contribution is 7.20. The van der Waals surface area contributed by atoms with Crippen LogP contribution >= 0.6 is 11.3 Å². The SMILES string of the molecule is COC1CCC(Oc2ncccc2Nc2ncnc3sc(C(C)=O)c(C)c23)CC1. The number of rotatable bonds is 6. The van der Waals surface area contributed by atoms with E-state index in [1.54, 1.807) is 20.2 Å². The standard InChI is InChI=1S/C21H24N4O3S/c1-12-17-19(23-11-24-21(17)29-18(12)13(2)26)25-16-5-4-10-22-20(16)28-15-8-6-14(27-3)7-9-15/h4-5,10-11,14-15H,6-9H2,1-3H3,(H,23,24,25). The molecule has 0 spiro atoms. The summed E-state index contributed by atoms with van der Waals surface area (Å²) in [5.74, 6) is 1.24. The number of ether oxygens (including phenoxy) is 2. The minimum absolute atomic E-state index is 0.0357. The lowest BCUT2D eigenvalue weighted by Gasteiger charge is -2.28. The number of carbonyl (C=O) groups excluding carboxylic acids is 1. The van der Waals surface area contributed by atoms with Crippen LogP contribution in [0, 0.1) is 6.92 Å². The summed E-state index contributed by atoms with van der Waals surface area (Å²) < 4.78 is 11.7. The summed E-state index contributed by atoms with van der Waals surface area (Å²) >= 11 is 1.39. The summed E-state index contributed by atoms with van der Waals surface area (Å²) in [5.41, 5.74) is 1.64. The molecule has 29 heavy (non-hydrogen) atoms. The molecule has 0 bridgehead atoms. The van der Waals surface area contributed by atoms with Crippen molar-refractivity contribution < 1.29 is 14.3 Å². The van der Waals surface area contributed by atoms with Crippen LogP contribution in [0.25, 0.3) is 10.2 Å². The maximum Gasteiger partial charge on any atom is 0.238 e. The van der Waals surface area contributed by atoms with Crippen LogP contribution < -0.4 is 10.1 Å². The van der Waals surface area contributed by atoms with E-state index < -0.39 is 0 Å². The number of thiophene rings is 1.